The van der Waals surface area contributed by atoms with E-state index in [0.29, 0.717) is 18.8 Å². The average Bonchev–Trinajstić information content (AvgIpc) is 2.49. The Morgan fingerprint density at radius 1 is 1.24 bits per heavy atom. The van der Waals surface area contributed by atoms with Crippen molar-refractivity contribution >= 4 is 21.7 Å². The van der Waals surface area contributed by atoms with Crippen LogP contribution < -0.4 is 10.0 Å². The van der Waals surface area contributed by atoms with Gasteiger partial charge in [0.05, 0.1) is 5.69 Å². The van der Waals surface area contributed by atoms with Crippen LogP contribution in [0.3, 0.4) is 0 Å². The molecular formula is C13H22N4O3S. The molecule has 0 aliphatic rings. The van der Waals surface area contributed by atoms with Crippen LogP contribution >= 0.6 is 0 Å². The monoisotopic (exact) mass is 314 g/mol. The van der Waals surface area contributed by atoms with Gasteiger partial charge in [0.25, 0.3) is 0 Å². The summed E-state index contributed by atoms with van der Waals surface area (Å²) in [6.45, 7) is 4.44. The Morgan fingerprint density at radius 2 is 1.81 bits per heavy atom. The second-order valence-electron chi connectivity index (χ2n) is 4.34. The lowest BCUT2D eigenvalue weighted by atomic mass is 10.3. The molecule has 0 saturated carbocycles. The van der Waals surface area contributed by atoms with Gasteiger partial charge in [-0.1, -0.05) is 37.2 Å². The van der Waals surface area contributed by atoms with E-state index < -0.39 is 10.2 Å². The number of benzene rings is 1. The van der Waals surface area contributed by atoms with Gasteiger partial charge < -0.3 is 10.9 Å². The molecule has 0 radical (unpaired) electrons. The maximum absolute atomic E-state index is 12.7. The van der Waals surface area contributed by atoms with E-state index in [-0.39, 0.29) is 18.8 Å². The van der Waals surface area contributed by atoms with Crippen LogP contribution in [0.4, 0.5) is 5.69 Å². The van der Waals surface area contributed by atoms with E-state index in [9.17, 15) is 8.42 Å². The summed E-state index contributed by atoms with van der Waals surface area (Å²) in [6.07, 6.45) is 0.145. The Bertz CT molecular complexity index is 556. The van der Waals surface area contributed by atoms with Crippen LogP contribution in [0.1, 0.15) is 20.3 Å². The maximum atomic E-state index is 12.7. The van der Waals surface area contributed by atoms with Crippen molar-refractivity contribution in [1.29, 1.82) is 0 Å². The van der Waals surface area contributed by atoms with Crippen molar-refractivity contribution < 1.29 is 13.6 Å². The third-order valence-electron chi connectivity index (χ3n) is 3.05. The van der Waals surface area contributed by atoms with Gasteiger partial charge in [0.1, 0.15) is 5.84 Å². The fourth-order valence-corrected chi connectivity index (χ4v) is 3.57. The molecule has 21 heavy (non-hydrogen) atoms. The van der Waals surface area contributed by atoms with Crippen molar-refractivity contribution in [3.8, 4) is 0 Å². The Hall–Kier alpha value is -1.80. The van der Waals surface area contributed by atoms with Crippen molar-refractivity contribution in [2.45, 2.75) is 20.3 Å². The lowest BCUT2D eigenvalue weighted by Gasteiger charge is -2.30. The van der Waals surface area contributed by atoms with Gasteiger partial charge >= 0.3 is 10.2 Å². The van der Waals surface area contributed by atoms with Crippen molar-refractivity contribution in [1.82, 2.24) is 4.31 Å². The summed E-state index contributed by atoms with van der Waals surface area (Å²) in [4.78, 5) is 0. The largest absolute Gasteiger partial charge is 0.409 e. The smallest absolute Gasteiger partial charge is 0.304 e. The van der Waals surface area contributed by atoms with E-state index in [1.807, 2.05) is 6.07 Å². The molecule has 0 unspecified atom stereocenters. The number of para-hydroxylation sites is 1. The van der Waals surface area contributed by atoms with Crippen LogP contribution in [0, 0.1) is 0 Å². The maximum Gasteiger partial charge on any atom is 0.304 e. The molecule has 1 aromatic rings. The van der Waals surface area contributed by atoms with Crippen LogP contribution in [0.25, 0.3) is 0 Å². The summed E-state index contributed by atoms with van der Waals surface area (Å²) in [5.74, 6) is -0.00863. The minimum Gasteiger partial charge on any atom is -0.409 e. The second kappa shape index (κ2) is 7.84. The van der Waals surface area contributed by atoms with Crippen LogP contribution in [-0.2, 0) is 10.2 Å². The first-order valence-corrected chi connectivity index (χ1v) is 8.16. The van der Waals surface area contributed by atoms with Crippen LogP contribution in [0.15, 0.2) is 35.5 Å². The SMILES string of the molecule is CCN(CC)S(=O)(=O)N(CC/C(N)=N/O)c1ccccc1. The normalized spacial score (nSPS) is 12.6. The van der Waals surface area contributed by atoms with Gasteiger partial charge in [0, 0.05) is 26.1 Å². The predicted molar refractivity (Wildman–Crippen MR) is 83.7 cm³/mol. The van der Waals surface area contributed by atoms with E-state index >= 15 is 0 Å². The summed E-state index contributed by atoms with van der Waals surface area (Å²) in [7, 11) is -3.65. The molecule has 1 aromatic carbocycles. The molecular weight excluding hydrogens is 292 g/mol. The van der Waals surface area contributed by atoms with E-state index in [1.165, 1.54) is 8.61 Å². The molecule has 0 aromatic heterocycles. The van der Waals surface area contributed by atoms with Crippen LogP contribution in [-0.4, -0.2) is 43.4 Å². The molecule has 0 saturated heterocycles. The fourth-order valence-electron chi connectivity index (χ4n) is 1.93. The zero-order chi connectivity index (χ0) is 15.9. The molecule has 0 heterocycles. The van der Waals surface area contributed by atoms with E-state index in [2.05, 4.69) is 5.16 Å². The zero-order valence-electron chi connectivity index (χ0n) is 12.3. The third kappa shape index (κ3) is 4.33. The number of nitrogens with zero attached hydrogens (tertiary/aromatic N) is 3. The lowest BCUT2D eigenvalue weighted by Crippen LogP contribution is -2.45. The molecule has 1 rings (SSSR count). The minimum atomic E-state index is -3.65. The number of amidine groups is 1. The molecule has 0 spiro atoms. The summed E-state index contributed by atoms with van der Waals surface area (Å²) >= 11 is 0. The first-order valence-electron chi connectivity index (χ1n) is 6.76. The number of oxime groups is 1. The highest BCUT2D eigenvalue weighted by Crippen LogP contribution is 2.20. The number of rotatable bonds is 8. The molecule has 0 aliphatic heterocycles. The molecule has 3 N–H and O–H groups in total. The van der Waals surface area contributed by atoms with Crippen molar-refractivity contribution in [2.75, 3.05) is 23.9 Å². The van der Waals surface area contributed by atoms with E-state index in [4.69, 9.17) is 10.9 Å². The van der Waals surface area contributed by atoms with Crippen molar-refractivity contribution in [3.63, 3.8) is 0 Å². The highest BCUT2D eigenvalue weighted by Gasteiger charge is 2.27. The molecule has 0 aliphatic carbocycles. The molecule has 118 valence electrons. The Labute approximate surface area is 125 Å². The highest BCUT2D eigenvalue weighted by molar-refractivity contribution is 7.90. The Morgan fingerprint density at radius 3 is 2.29 bits per heavy atom. The first kappa shape index (κ1) is 17.3. The van der Waals surface area contributed by atoms with Gasteiger partial charge in [0.2, 0.25) is 0 Å². The van der Waals surface area contributed by atoms with Gasteiger partial charge in [-0.2, -0.15) is 12.7 Å². The predicted octanol–water partition coefficient (Wildman–Crippen LogP) is 1.22. The number of nitrogens with two attached hydrogens (primary N) is 1. The Kier molecular flexibility index (Phi) is 6.44. The minimum absolute atomic E-state index is 0.00863. The zero-order valence-corrected chi connectivity index (χ0v) is 13.1. The average molecular weight is 314 g/mol. The molecule has 0 fully saturated rings. The molecule has 0 bridgehead atoms. The number of hydrogen-bond acceptors (Lipinski definition) is 4. The van der Waals surface area contributed by atoms with Crippen LogP contribution in [0.5, 0.6) is 0 Å². The number of anilines is 1. The van der Waals surface area contributed by atoms with E-state index in [1.54, 1.807) is 38.1 Å². The van der Waals surface area contributed by atoms with Gasteiger partial charge in [-0.3, -0.25) is 4.31 Å². The molecule has 7 nitrogen and oxygen atoms in total. The fraction of sp³-hybridized carbons (Fsp3) is 0.462. The number of hydrogen-bond donors (Lipinski definition) is 2. The highest BCUT2D eigenvalue weighted by atomic mass is 32.2. The molecule has 0 amide bonds. The van der Waals surface area contributed by atoms with Gasteiger partial charge in [0.15, 0.2) is 0 Å². The van der Waals surface area contributed by atoms with Crippen molar-refractivity contribution in [2.24, 2.45) is 10.9 Å². The Balaban J connectivity index is 3.13. The molecule has 8 heteroatoms. The lowest BCUT2D eigenvalue weighted by molar-refractivity contribution is 0.317. The summed E-state index contributed by atoms with van der Waals surface area (Å²) in [5, 5.41) is 11.5. The summed E-state index contributed by atoms with van der Waals surface area (Å²) in [6, 6.07) is 8.78. The van der Waals surface area contributed by atoms with Gasteiger partial charge in [-0.15, -0.1) is 0 Å². The second-order valence-corrected chi connectivity index (χ2v) is 6.19. The molecule has 0 atom stereocenters. The van der Waals surface area contributed by atoms with Gasteiger partial charge in [-0.05, 0) is 12.1 Å². The van der Waals surface area contributed by atoms with Crippen LogP contribution in [0.2, 0.25) is 0 Å². The third-order valence-corrected chi connectivity index (χ3v) is 5.17. The topological polar surface area (TPSA) is 99.2 Å². The standard InChI is InChI=1S/C13H22N4O3S/c1-3-16(4-2)21(19,20)17(11-10-13(14)15-18)12-8-6-5-7-9-12/h5-9,18H,3-4,10-11H2,1-2H3,(H2,14,15). The quantitative estimate of drug-likeness (QED) is 0.326. The van der Waals surface area contributed by atoms with E-state index in [0.717, 1.165) is 0 Å². The van der Waals surface area contributed by atoms with Gasteiger partial charge in [-0.25, -0.2) is 0 Å². The van der Waals surface area contributed by atoms with Crippen molar-refractivity contribution in [3.05, 3.63) is 30.3 Å². The summed E-state index contributed by atoms with van der Waals surface area (Å²) < 4.78 is 28.0. The summed E-state index contributed by atoms with van der Waals surface area (Å²) in [5.41, 5.74) is 6.00. The first-order chi connectivity index (χ1) is 9.97.